The number of aliphatic hydroxyl groups is 1. The number of nitrogens with one attached hydrogen (secondary N) is 1. The van der Waals surface area contributed by atoms with Crippen LogP contribution < -0.4 is 11.1 Å². The minimum atomic E-state index is -2.06. The number of benzene rings is 2. The standard InChI is InChI=1S/C18H12N4O2/c19-9-18(10-20,22-14-8-4-3-7-13(14)21)15-16(23)11-5-1-2-6-12(11)17(15)24/h1-8,22-23H,21H2. The second-order valence-corrected chi connectivity index (χ2v) is 5.28. The van der Waals surface area contributed by atoms with Gasteiger partial charge in [0.2, 0.25) is 5.54 Å². The van der Waals surface area contributed by atoms with E-state index in [1.165, 1.54) is 6.07 Å². The quantitative estimate of drug-likeness (QED) is 0.748. The molecule has 116 valence electrons. The number of aliphatic hydroxyl groups excluding tert-OH is 1. The number of hydrogen-bond donors (Lipinski definition) is 3. The summed E-state index contributed by atoms with van der Waals surface area (Å²) >= 11 is 0. The molecule has 1 aliphatic carbocycles. The Morgan fingerprint density at radius 2 is 1.58 bits per heavy atom. The van der Waals surface area contributed by atoms with Crippen molar-refractivity contribution in [3.05, 3.63) is 65.2 Å². The number of nitrogens with zero attached hydrogens (tertiary/aromatic N) is 2. The number of hydrogen-bond acceptors (Lipinski definition) is 6. The highest BCUT2D eigenvalue weighted by Crippen LogP contribution is 2.38. The van der Waals surface area contributed by atoms with E-state index in [-0.39, 0.29) is 16.9 Å². The Bertz CT molecular complexity index is 949. The number of nitrogen functional groups attached to an aromatic ring is 1. The van der Waals surface area contributed by atoms with Crippen molar-refractivity contribution in [2.24, 2.45) is 0 Å². The number of carbonyl (C=O) groups excluding carboxylic acids is 1. The van der Waals surface area contributed by atoms with Gasteiger partial charge in [-0.05, 0) is 12.1 Å². The number of fused-ring (bicyclic) bond motifs is 1. The van der Waals surface area contributed by atoms with E-state index in [2.05, 4.69) is 5.32 Å². The van der Waals surface area contributed by atoms with Gasteiger partial charge in [0.15, 0.2) is 5.78 Å². The van der Waals surface area contributed by atoms with Crippen LogP contribution >= 0.6 is 0 Å². The van der Waals surface area contributed by atoms with Crippen LogP contribution in [-0.4, -0.2) is 16.4 Å². The zero-order valence-corrected chi connectivity index (χ0v) is 12.4. The average Bonchev–Trinajstić information content (AvgIpc) is 2.87. The smallest absolute Gasteiger partial charge is 0.245 e. The van der Waals surface area contributed by atoms with Crippen molar-refractivity contribution in [3.63, 3.8) is 0 Å². The Morgan fingerprint density at radius 1 is 1.00 bits per heavy atom. The average molecular weight is 316 g/mol. The second-order valence-electron chi connectivity index (χ2n) is 5.28. The Kier molecular flexibility index (Phi) is 3.44. The summed E-state index contributed by atoms with van der Waals surface area (Å²) in [5, 5.41) is 32.4. The van der Waals surface area contributed by atoms with Crippen molar-refractivity contribution < 1.29 is 9.90 Å². The summed E-state index contributed by atoms with van der Waals surface area (Å²) in [6.07, 6.45) is 0. The predicted octanol–water partition coefficient (Wildman–Crippen LogP) is 2.63. The van der Waals surface area contributed by atoms with Gasteiger partial charge in [0, 0.05) is 11.1 Å². The van der Waals surface area contributed by atoms with E-state index in [9.17, 15) is 20.4 Å². The molecule has 2 aromatic carbocycles. The molecular formula is C18H12N4O2. The normalized spacial score (nSPS) is 13.2. The minimum Gasteiger partial charge on any atom is -0.507 e. The molecule has 2 aromatic rings. The number of carbonyl (C=O) groups is 1. The van der Waals surface area contributed by atoms with Crippen molar-refractivity contribution in [3.8, 4) is 12.1 Å². The summed E-state index contributed by atoms with van der Waals surface area (Å²) in [7, 11) is 0. The maximum Gasteiger partial charge on any atom is 0.245 e. The lowest BCUT2D eigenvalue weighted by molar-refractivity contribution is 0.103. The molecule has 0 radical (unpaired) electrons. The summed E-state index contributed by atoms with van der Waals surface area (Å²) < 4.78 is 0. The summed E-state index contributed by atoms with van der Waals surface area (Å²) in [5.41, 5.74) is 4.68. The Morgan fingerprint density at radius 3 is 2.17 bits per heavy atom. The van der Waals surface area contributed by atoms with Crippen molar-refractivity contribution in [2.75, 3.05) is 11.1 Å². The first-order chi connectivity index (χ1) is 11.5. The highest BCUT2D eigenvalue weighted by Gasteiger charge is 2.46. The van der Waals surface area contributed by atoms with Gasteiger partial charge in [-0.2, -0.15) is 10.5 Å². The number of nitrogens with two attached hydrogens (primary N) is 1. The predicted molar refractivity (Wildman–Crippen MR) is 88.8 cm³/mol. The molecule has 0 aromatic heterocycles. The third-order valence-electron chi connectivity index (χ3n) is 3.88. The molecule has 0 spiro atoms. The first-order valence-corrected chi connectivity index (χ1v) is 7.07. The molecule has 24 heavy (non-hydrogen) atoms. The van der Waals surface area contributed by atoms with Gasteiger partial charge in [-0.1, -0.05) is 36.4 Å². The number of rotatable bonds is 3. The van der Waals surface area contributed by atoms with Crippen LogP contribution in [0.5, 0.6) is 0 Å². The van der Waals surface area contributed by atoms with E-state index in [1.54, 1.807) is 42.5 Å². The van der Waals surface area contributed by atoms with Crippen LogP contribution in [-0.2, 0) is 0 Å². The fourth-order valence-electron chi connectivity index (χ4n) is 2.68. The Hall–Kier alpha value is -3.77. The molecule has 0 unspecified atom stereocenters. The third kappa shape index (κ3) is 2.06. The highest BCUT2D eigenvalue weighted by atomic mass is 16.3. The maximum absolute atomic E-state index is 12.7. The monoisotopic (exact) mass is 316 g/mol. The van der Waals surface area contributed by atoms with Gasteiger partial charge in [0.1, 0.15) is 17.9 Å². The highest BCUT2D eigenvalue weighted by molar-refractivity contribution is 6.22. The molecule has 0 heterocycles. The number of anilines is 2. The van der Waals surface area contributed by atoms with E-state index < -0.39 is 11.3 Å². The SMILES string of the molecule is N#CC(C#N)(Nc1ccccc1N)C1=C(O)c2ccccc2C1=O. The Labute approximate surface area is 138 Å². The zero-order chi connectivity index (χ0) is 17.3. The summed E-state index contributed by atoms with van der Waals surface area (Å²) in [4.78, 5) is 12.7. The molecule has 3 rings (SSSR count). The van der Waals surface area contributed by atoms with Crippen LogP contribution in [0.15, 0.2) is 54.1 Å². The molecule has 4 N–H and O–H groups in total. The first kappa shape index (κ1) is 15.1. The fraction of sp³-hybridized carbons (Fsp3) is 0.0556. The summed E-state index contributed by atoms with van der Waals surface area (Å²) in [6, 6.07) is 16.6. The second kappa shape index (κ2) is 5.45. The molecule has 0 fully saturated rings. The number of Topliss-reactive ketones (excluding diaryl/α,β-unsaturated/α-hetero) is 1. The van der Waals surface area contributed by atoms with Crippen LogP contribution in [0.1, 0.15) is 15.9 Å². The molecule has 1 aliphatic rings. The lowest BCUT2D eigenvalue weighted by atomic mass is 9.89. The van der Waals surface area contributed by atoms with Crippen LogP contribution in [0, 0.1) is 22.7 Å². The van der Waals surface area contributed by atoms with Gasteiger partial charge in [0.05, 0.1) is 16.9 Å². The number of ketones is 1. The van der Waals surface area contributed by atoms with Crippen molar-refractivity contribution >= 4 is 22.9 Å². The molecule has 6 heteroatoms. The molecule has 0 saturated heterocycles. The van der Waals surface area contributed by atoms with Gasteiger partial charge in [0.25, 0.3) is 0 Å². The van der Waals surface area contributed by atoms with E-state index in [4.69, 9.17) is 5.73 Å². The summed E-state index contributed by atoms with van der Waals surface area (Å²) in [5.74, 6) is -0.936. The zero-order valence-electron chi connectivity index (χ0n) is 12.4. The Balaban J connectivity index is 2.16. The van der Waals surface area contributed by atoms with Crippen LogP contribution in [0.25, 0.3) is 5.76 Å². The maximum atomic E-state index is 12.7. The molecule has 0 atom stereocenters. The van der Waals surface area contributed by atoms with Crippen LogP contribution in [0.3, 0.4) is 0 Å². The van der Waals surface area contributed by atoms with Crippen LogP contribution in [0.2, 0.25) is 0 Å². The molecular weight excluding hydrogens is 304 g/mol. The molecule has 6 nitrogen and oxygen atoms in total. The van der Waals surface area contributed by atoms with E-state index in [0.29, 0.717) is 16.9 Å². The molecule has 0 saturated carbocycles. The molecule has 0 amide bonds. The van der Waals surface area contributed by atoms with Gasteiger partial charge in [-0.15, -0.1) is 0 Å². The van der Waals surface area contributed by atoms with Crippen molar-refractivity contribution in [1.29, 1.82) is 10.5 Å². The topological polar surface area (TPSA) is 123 Å². The van der Waals surface area contributed by atoms with Gasteiger partial charge in [-0.3, -0.25) is 4.79 Å². The lowest BCUT2D eigenvalue weighted by Gasteiger charge is -2.23. The van der Waals surface area contributed by atoms with E-state index in [0.717, 1.165) is 0 Å². The van der Waals surface area contributed by atoms with E-state index >= 15 is 0 Å². The fourth-order valence-corrected chi connectivity index (χ4v) is 2.68. The lowest BCUT2D eigenvalue weighted by Crippen LogP contribution is -2.40. The largest absolute Gasteiger partial charge is 0.507 e. The minimum absolute atomic E-state index is 0.253. The van der Waals surface area contributed by atoms with Gasteiger partial charge in [-0.25, -0.2) is 0 Å². The molecule has 0 bridgehead atoms. The number of nitriles is 2. The van der Waals surface area contributed by atoms with Gasteiger partial charge < -0.3 is 16.2 Å². The van der Waals surface area contributed by atoms with Crippen molar-refractivity contribution in [1.82, 2.24) is 0 Å². The number of para-hydroxylation sites is 2. The molecule has 0 aliphatic heterocycles. The van der Waals surface area contributed by atoms with E-state index in [1.807, 2.05) is 12.1 Å². The first-order valence-electron chi connectivity index (χ1n) is 7.07. The summed E-state index contributed by atoms with van der Waals surface area (Å²) in [6.45, 7) is 0. The van der Waals surface area contributed by atoms with Crippen LogP contribution in [0.4, 0.5) is 11.4 Å². The van der Waals surface area contributed by atoms with Crippen molar-refractivity contribution in [2.45, 2.75) is 5.54 Å². The third-order valence-corrected chi connectivity index (χ3v) is 3.88. The van der Waals surface area contributed by atoms with Gasteiger partial charge >= 0.3 is 0 Å².